The first-order valence-electron chi connectivity index (χ1n) is 4.67. The van der Waals surface area contributed by atoms with Gasteiger partial charge in [-0.2, -0.15) is 0 Å². The molecule has 0 radical (unpaired) electrons. The number of aliphatic hydroxyl groups excluding tert-OH is 1. The molecule has 2 rings (SSSR count). The van der Waals surface area contributed by atoms with Gasteiger partial charge in [-0.05, 0) is 17.7 Å². The Morgan fingerprint density at radius 3 is 3.00 bits per heavy atom. The van der Waals surface area contributed by atoms with Crippen LogP contribution in [0.25, 0.3) is 0 Å². The summed E-state index contributed by atoms with van der Waals surface area (Å²) in [4.78, 5) is 7.00. The number of aliphatic hydroxyl groups is 1. The number of imidazole rings is 1. The van der Waals surface area contributed by atoms with Crippen LogP contribution in [0.3, 0.4) is 0 Å². The predicted octanol–water partition coefficient (Wildman–Crippen LogP) is 2.34. The average Bonchev–Trinajstić information content (AvgIpc) is 2.70. The number of nitrogens with zero attached hydrogens (tertiary/aromatic N) is 1. The van der Waals surface area contributed by atoms with E-state index in [0.29, 0.717) is 11.4 Å². The van der Waals surface area contributed by atoms with Gasteiger partial charge in [0.05, 0.1) is 6.10 Å². The Kier molecular flexibility index (Phi) is 3.04. The lowest BCUT2D eigenvalue weighted by molar-refractivity contribution is 0.176. The molecule has 2 N–H and O–H groups in total. The van der Waals surface area contributed by atoms with Crippen molar-refractivity contribution in [2.45, 2.75) is 12.5 Å². The summed E-state index contributed by atoms with van der Waals surface area (Å²) in [5.41, 5.74) is 0.805. The highest BCUT2D eigenvalue weighted by molar-refractivity contribution is 6.30. The molecule has 0 saturated heterocycles. The van der Waals surface area contributed by atoms with Gasteiger partial charge in [0.25, 0.3) is 0 Å². The van der Waals surface area contributed by atoms with Gasteiger partial charge >= 0.3 is 0 Å². The second kappa shape index (κ2) is 4.47. The molecule has 4 heteroatoms. The summed E-state index contributed by atoms with van der Waals surface area (Å²) in [7, 11) is 0. The molecule has 0 fully saturated rings. The number of aromatic amines is 1. The van der Waals surface area contributed by atoms with Gasteiger partial charge < -0.3 is 10.1 Å². The number of nitrogens with one attached hydrogen (secondary N) is 1. The Morgan fingerprint density at radius 1 is 1.47 bits per heavy atom. The highest BCUT2D eigenvalue weighted by Crippen LogP contribution is 2.19. The largest absolute Gasteiger partial charge is 0.388 e. The van der Waals surface area contributed by atoms with Crippen LogP contribution in [0.4, 0.5) is 0 Å². The minimum atomic E-state index is -0.574. The Balaban J connectivity index is 2.11. The van der Waals surface area contributed by atoms with Gasteiger partial charge in [-0.25, -0.2) is 4.98 Å². The third kappa shape index (κ3) is 2.58. The van der Waals surface area contributed by atoms with Gasteiger partial charge in [-0.15, -0.1) is 0 Å². The van der Waals surface area contributed by atoms with Crippen LogP contribution in [0.5, 0.6) is 0 Å². The number of H-pyrrole nitrogens is 1. The maximum absolute atomic E-state index is 9.90. The van der Waals surface area contributed by atoms with E-state index in [1.54, 1.807) is 24.5 Å². The molecule has 1 atom stereocenters. The third-order valence-electron chi connectivity index (χ3n) is 2.17. The fraction of sp³-hybridized carbons (Fsp3) is 0.182. The lowest BCUT2D eigenvalue weighted by atomic mass is 10.1. The van der Waals surface area contributed by atoms with E-state index in [2.05, 4.69) is 9.97 Å². The molecule has 1 aromatic heterocycles. The summed E-state index contributed by atoms with van der Waals surface area (Å²) in [5.74, 6) is 0.766. The SMILES string of the molecule is OC(Cc1ncc[nH]1)c1cccc(Cl)c1. The molecule has 2 aromatic rings. The topological polar surface area (TPSA) is 48.9 Å². The number of hydrogen-bond donors (Lipinski definition) is 2. The molecule has 0 aliphatic rings. The Hall–Kier alpha value is -1.32. The van der Waals surface area contributed by atoms with Gasteiger partial charge in [0.1, 0.15) is 5.82 Å². The molecule has 78 valence electrons. The molecular weight excluding hydrogens is 212 g/mol. The molecule has 1 unspecified atom stereocenters. The first kappa shape index (κ1) is 10.2. The number of benzene rings is 1. The minimum Gasteiger partial charge on any atom is -0.388 e. The zero-order chi connectivity index (χ0) is 10.7. The van der Waals surface area contributed by atoms with E-state index < -0.39 is 6.10 Å². The summed E-state index contributed by atoms with van der Waals surface area (Å²) in [6.45, 7) is 0. The van der Waals surface area contributed by atoms with Crippen molar-refractivity contribution < 1.29 is 5.11 Å². The molecule has 1 heterocycles. The lowest BCUT2D eigenvalue weighted by Gasteiger charge is -2.09. The lowest BCUT2D eigenvalue weighted by Crippen LogP contribution is -2.02. The van der Waals surface area contributed by atoms with Gasteiger partial charge in [-0.1, -0.05) is 23.7 Å². The Labute approximate surface area is 92.7 Å². The zero-order valence-electron chi connectivity index (χ0n) is 8.02. The number of rotatable bonds is 3. The quantitative estimate of drug-likeness (QED) is 0.838. The third-order valence-corrected chi connectivity index (χ3v) is 2.41. The second-order valence-electron chi connectivity index (χ2n) is 3.31. The van der Waals surface area contributed by atoms with Crippen molar-refractivity contribution in [3.63, 3.8) is 0 Å². The normalized spacial score (nSPS) is 12.7. The van der Waals surface area contributed by atoms with Crippen molar-refractivity contribution in [2.24, 2.45) is 0 Å². The average molecular weight is 223 g/mol. The van der Waals surface area contributed by atoms with Crippen LogP contribution >= 0.6 is 11.6 Å². The van der Waals surface area contributed by atoms with Crippen molar-refractivity contribution in [2.75, 3.05) is 0 Å². The van der Waals surface area contributed by atoms with Crippen LogP contribution in [0, 0.1) is 0 Å². The molecule has 1 aromatic carbocycles. The molecular formula is C11H11ClN2O. The first-order chi connectivity index (χ1) is 7.25. The highest BCUT2D eigenvalue weighted by atomic mass is 35.5. The Bertz CT molecular complexity index is 428. The van der Waals surface area contributed by atoms with Gasteiger partial charge in [0, 0.05) is 23.8 Å². The molecule has 0 aliphatic heterocycles. The fourth-order valence-electron chi connectivity index (χ4n) is 1.42. The van der Waals surface area contributed by atoms with Crippen molar-refractivity contribution in [3.05, 3.63) is 53.1 Å². The maximum atomic E-state index is 9.90. The monoisotopic (exact) mass is 222 g/mol. The fourth-order valence-corrected chi connectivity index (χ4v) is 1.62. The van der Waals surface area contributed by atoms with E-state index >= 15 is 0 Å². The minimum absolute atomic E-state index is 0.466. The van der Waals surface area contributed by atoms with Crippen molar-refractivity contribution in [1.82, 2.24) is 9.97 Å². The molecule has 0 spiro atoms. The molecule has 0 saturated carbocycles. The first-order valence-corrected chi connectivity index (χ1v) is 5.05. The van der Waals surface area contributed by atoms with Crippen molar-refractivity contribution >= 4 is 11.6 Å². The van der Waals surface area contributed by atoms with E-state index in [1.165, 1.54) is 0 Å². The molecule has 15 heavy (non-hydrogen) atoms. The predicted molar refractivity (Wildman–Crippen MR) is 58.7 cm³/mol. The number of aromatic nitrogens is 2. The van der Waals surface area contributed by atoms with Crippen LogP contribution in [-0.2, 0) is 6.42 Å². The highest BCUT2D eigenvalue weighted by Gasteiger charge is 2.09. The van der Waals surface area contributed by atoms with Gasteiger partial charge in [0.15, 0.2) is 0 Å². The van der Waals surface area contributed by atoms with Gasteiger partial charge in [-0.3, -0.25) is 0 Å². The van der Waals surface area contributed by atoms with Crippen LogP contribution in [0.15, 0.2) is 36.7 Å². The second-order valence-corrected chi connectivity index (χ2v) is 3.75. The van der Waals surface area contributed by atoms with E-state index in [1.807, 2.05) is 12.1 Å². The van der Waals surface area contributed by atoms with E-state index in [-0.39, 0.29) is 0 Å². The van der Waals surface area contributed by atoms with Crippen LogP contribution in [-0.4, -0.2) is 15.1 Å². The summed E-state index contributed by atoms with van der Waals surface area (Å²) < 4.78 is 0. The van der Waals surface area contributed by atoms with E-state index in [9.17, 15) is 5.11 Å². The summed E-state index contributed by atoms with van der Waals surface area (Å²) in [6.07, 6.45) is 3.29. The molecule has 0 aliphatic carbocycles. The smallest absolute Gasteiger partial charge is 0.108 e. The van der Waals surface area contributed by atoms with Crippen LogP contribution in [0.2, 0.25) is 5.02 Å². The van der Waals surface area contributed by atoms with Gasteiger partial charge in [0.2, 0.25) is 0 Å². The molecule has 0 amide bonds. The van der Waals surface area contributed by atoms with Crippen molar-refractivity contribution in [1.29, 1.82) is 0 Å². The number of halogens is 1. The standard InChI is InChI=1S/C11H11ClN2O/c12-9-3-1-2-8(6-9)10(15)7-11-13-4-5-14-11/h1-6,10,15H,7H2,(H,13,14). The molecule has 3 nitrogen and oxygen atoms in total. The van der Waals surface area contributed by atoms with E-state index in [0.717, 1.165) is 11.4 Å². The van der Waals surface area contributed by atoms with Crippen LogP contribution in [0.1, 0.15) is 17.5 Å². The number of hydrogen-bond acceptors (Lipinski definition) is 2. The van der Waals surface area contributed by atoms with Crippen molar-refractivity contribution in [3.8, 4) is 0 Å². The van der Waals surface area contributed by atoms with Crippen LogP contribution < -0.4 is 0 Å². The van der Waals surface area contributed by atoms with E-state index in [4.69, 9.17) is 11.6 Å². The summed E-state index contributed by atoms with van der Waals surface area (Å²) in [5, 5.41) is 10.5. The molecule has 0 bridgehead atoms. The maximum Gasteiger partial charge on any atom is 0.108 e. The summed E-state index contributed by atoms with van der Waals surface area (Å²) >= 11 is 5.84. The Morgan fingerprint density at radius 2 is 2.33 bits per heavy atom. The zero-order valence-corrected chi connectivity index (χ0v) is 8.78. The summed E-state index contributed by atoms with van der Waals surface area (Å²) in [6, 6.07) is 7.21.